The topological polar surface area (TPSA) is 17.1 Å². The lowest BCUT2D eigenvalue weighted by Crippen LogP contribution is -2.15. The molecule has 1 aliphatic rings. The molecule has 1 aromatic rings. The molecule has 1 nitrogen and oxygen atoms in total. The second kappa shape index (κ2) is 8.05. The second-order valence-corrected chi connectivity index (χ2v) is 4.08. The predicted octanol–water partition coefficient (Wildman–Crippen LogP) is 4.75. The van der Waals surface area contributed by atoms with Gasteiger partial charge in [-0.3, -0.25) is 4.79 Å². The number of fused-ring (bicyclic) bond motifs is 1. The Morgan fingerprint density at radius 3 is 2.06 bits per heavy atom. The van der Waals surface area contributed by atoms with Crippen LogP contribution in [-0.4, -0.2) is 5.78 Å². The van der Waals surface area contributed by atoms with Crippen LogP contribution in [0.1, 0.15) is 57.5 Å². The van der Waals surface area contributed by atoms with Crippen molar-refractivity contribution in [3.05, 3.63) is 35.4 Å². The number of Topliss-reactive ketones (excluding diaryl/α,β-unsaturated/α-hetero) is 1. The van der Waals surface area contributed by atoms with E-state index in [9.17, 15) is 4.79 Å². The molecule has 1 atom stereocenters. The van der Waals surface area contributed by atoms with E-state index in [4.69, 9.17) is 0 Å². The summed E-state index contributed by atoms with van der Waals surface area (Å²) in [6.45, 7) is 12.2. The Balaban J connectivity index is 0.000000581. The van der Waals surface area contributed by atoms with Crippen LogP contribution in [-0.2, 0) is 6.42 Å². The largest absolute Gasteiger partial charge is 0.294 e. The zero-order valence-electron chi connectivity index (χ0n) is 12.1. The molecule has 96 valence electrons. The molecule has 0 saturated carbocycles. The van der Waals surface area contributed by atoms with Crippen molar-refractivity contribution in [1.82, 2.24) is 0 Å². The molecule has 0 saturated heterocycles. The standard InChI is InChI=1S/C12H14O.2C2H6/c1-8(2)11-7-9-5-3-4-6-10(9)12(11)13;2*1-2/h3-6,8,11H,7H2,1-2H3;2*1-2H3. The van der Waals surface area contributed by atoms with Gasteiger partial charge in [-0.15, -0.1) is 0 Å². The van der Waals surface area contributed by atoms with Gasteiger partial charge in [0.15, 0.2) is 5.78 Å². The fraction of sp³-hybridized carbons (Fsp3) is 0.562. The molecule has 17 heavy (non-hydrogen) atoms. The highest BCUT2D eigenvalue weighted by Crippen LogP contribution is 2.30. The Bertz CT molecular complexity index is 339. The summed E-state index contributed by atoms with van der Waals surface area (Å²) in [6.07, 6.45) is 0.937. The molecule has 0 N–H and O–H groups in total. The average Bonchev–Trinajstić information content (AvgIpc) is 2.73. The van der Waals surface area contributed by atoms with Crippen LogP contribution in [0.4, 0.5) is 0 Å². The highest BCUT2D eigenvalue weighted by Gasteiger charge is 2.31. The Labute approximate surface area is 106 Å². The molecule has 0 aromatic heterocycles. The molecule has 0 radical (unpaired) electrons. The fourth-order valence-corrected chi connectivity index (χ4v) is 2.01. The molecular weight excluding hydrogens is 208 g/mol. The lowest BCUT2D eigenvalue weighted by Gasteiger charge is -2.10. The summed E-state index contributed by atoms with van der Waals surface area (Å²) in [5, 5.41) is 0. The van der Waals surface area contributed by atoms with E-state index >= 15 is 0 Å². The molecule has 1 aromatic carbocycles. The van der Waals surface area contributed by atoms with Gasteiger partial charge >= 0.3 is 0 Å². The van der Waals surface area contributed by atoms with Gasteiger partial charge in [-0.05, 0) is 17.9 Å². The van der Waals surface area contributed by atoms with Crippen LogP contribution in [0.25, 0.3) is 0 Å². The van der Waals surface area contributed by atoms with Crippen LogP contribution in [0, 0.1) is 11.8 Å². The van der Waals surface area contributed by atoms with Crippen molar-refractivity contribution in [2.45, 2.75) is 48.0 Å². The molecule has 0 amide bonds. The maximum Gasteiger partial charge on any atom is 0.166 e. The fourth-order valence-electron chi connectivity index (χ4n) is 2.01. The van der Waals surface area contributed by atoms with Gasteiger partial charge in [-0.2, -0.15) is 0 Å². The molecular formula is C16H26O. The Morgan fingerprint density at radius 1 is 1.06 bits per heavy atom. The van der Waals surface area contributed by atoms with Crippen molar-refractivity contribution in [3.63, 3.8) is 0 Å². The van der Waals surface area contributed by atoms with Crippen molar-refractivity contribution in [1.29, 1.82) is 0 Å². The Hall–Kier alpha value is -1.11. The number of rotatable bonds is 1. The number of hydrogen-bond acceptors (Lipinski definition) is 1. The molecule has 2 rings (SSSR count). The quantitative estimate of drug-likeness (QED) is 0.685. The van der Waals surface area contributed by atoms with E-state index in [1.807, 2.05) is 45.9 Å². The summed E-state index contributed by atoms with van der Waals surface area (Å²) in [5.41, 5.74) is 2.17. The number of benzene rings is 1. The van der Waals surface area contributed by atoms with Gasteiger partial charge in [0.05, 0.1) is 0 Å². The van der Waals surface area contributed by atoms with Gasteiger partial charge in [-0.25, -0.2) is 0 Å². The van der Waals surface area contributed by atoms with Crippen molar-refractivity contribution >= 4 is 5.78 Å². The van der Waals surface area contributed by atoms with E-state index in [1.54, 1.807) is 0 Å². The van der Waals surface area contributed by atoms with E-state index in [0.29, 0.717) is 11.7 Å². The first-order valence-electron chi connectivity index (χ1n) is 6.82. The molecule has 0 heterocycles. The van der Waals surface area contributed by atoms with Crippen molar-refractivity contribution in [2.75, 3.05) is 0 Å². The summed E-state index contributed by atoms with van der Waals surface area (Å²) < 4.78 is 0. The van der Waals surface area contributed by atoms with Gasteiger partial charge in [-0.1, -0.05) is 65.8 Å². The van der Waals surface area contributed by atoms with Gasteiger partial charge < -0.3 is 0 Å². The van der Waals surface area contributed by atoms with Crippen LogP contribution in [0.3, 0.4) is 0 Å². The van der Waals surface area contributed by atoms with E-state index in [2.05, 4.69) is 19.9 Å². The predicted molar refractivity (Wildman–Crippen MR) is 75.5 cm³/mol. The molecule has 0 aliphatic heterocycles. The van der Waals surface area contributed by atoms with E-state index in [1.165, 1.54) is 5.56 Å². The van der Waals surface area contributed by atoms with Gasteiger partial charge in [0.2, 0.25) is 0 Å². The van der Waals surface area contributed by atoms with Crippen molar-refractivity contribution < 1.29 is 4.79 Å². The third-order valence-electron chi connectivity index (χ3n) is 2.86. The minimum absolute atomic E-state index is 0.220. The number of carbonyl (C=O) groups is 1. The molecule has 1 unspecified atom stereocenters. The maximum atomic E-state index is 11.8. The summed E-state index contributed by atoms with van der Waals surface area (Å²) in [6, 6.07) is 7.96. The highest BCUT2D eigenvalue weighted by molar-refractivity contribution is 6.02. The van der Waals surface area contributed by atoms with Crippen molar-refractivity contribution in [2.24, 2.45) is 11.8 Å². The van der Waals surface area contributed by atoms with E-state index in [-0.39, 0.29) is 5.92 Å². The van der Waals surface area contributed by atoms with E-state index in [0.717, 1.165) is 12.0 Å². The first kappa shape index (κ1) is 15.9. The zero-order chi connectivity index (χ0) is 13.4. The SMILES string of the molecule is CC.CC.CC(C)C1Cc2ccccc2C1=O. The molecule has 0 fully saturated rings. The minimum Gasteiger partial charge on any atom is -0.294 e. The normalized spacial score (nSPS) is 16.6. The first-order valence-corrected chi connectivity index (χ1v) is 6.82. The van der Waals surface area contributed by atoms with Crippen LogP contribution in [0.15, 0.2) is 24.3 Å². The summed E-state index contributed by atoms with van der Waals surface area (Å²) in [7, 11) is 0. The monoisotopic (exact) mass is 234 g/mol. The Morgan fingerprint density at radius 2 is 1.59 bits per heavy atom. The van der Waals surface area contributed by atoms with Crippen LogP contribution < -0.4 is 0 Å². The van der Waals surface area contributed by atoms with Gasteiger partial charge in [0.1, 0.15) is 0 Å². The smallest absolute Gasteiger partial charge is 0.166 e. The lowest BCUT2D eigenvalue weighted by atomic mass is 9.92. The molecule has 0 spiro atoms. The third-order valence-corrected chi connectivity index (χ3v) is 2.86. The van der Waals surface area contributed by atoms with Crippen LogP contribution >= 0.6 is 0 Å². The first-order chi connectivity index (χ1) is 8.20. The second-order valence-electron chi connectivity index (χ2n) is 4.08. The van der Waals surface area contributed by atoms with Gasteiger partial charge in [0, 0.05) is 11.5 Å². The lowest BCUT2D eigenvalue weighted by molar-refractivity contribution is 0.0906. The zero-order valence-corrected chi connectivity index (χ0v) is 12.1. The number of carbonyl (C=O) groups excluding carboxylic acids is 1. The van der Waals surface area contributed by atoms with Crippen LogP contribution in [0.2, 0.25) is 0 Å². The van der Waals surface area contributed by atoms with Crippen molar-refractivity contribution in [3.8, 4) is 0 Å². The van der Waals surface area contributed by atoms with Crippen LogP contribution in [0.5, 0.6) is 0 Å². The summed E-state index contributed by atoms with van der Waals surface area (Å²) in [4.78, 5) is 11.8. The Kier molecular flexibility index (Phi) is 7.53. The summed E-state index contributed by atoms with van der Waals surface area (Å²) >= 11 is 0. The molecule has 1 aliphatic carbocycles. The maximum absolute atomic E-state index is 11.8. The average molecular weight is 234 g/mol. The third kappa shape index (κ3) is 3.69. The molecule has 0 bridgehead atoms. The summed E-state index contributed by atoms with van der Waals surface area (Å²) in [5.74, 6) is 1.02. The highest BCUT2D eigenvalue weighted by atomic mass is 16.1. The minimum atomic E-state index is 0.220. The molecule has 1 heteroatoms. The number of hydrogen-bond donors (Lipinski definition) is 0. The van der Waals surface area contributed by atoms with E-state index < -0.39 is 0 Å². The number of ketones is 1. The van der Waals surface area contributed by atoms with Gasteiger partial charge in [0.25, 0.3) is 0 Å².